The first kappa shape index (κ1) is 16.0. The molecule has 2 heterocycles. The topological polar surface area (TPSA) is 106 Å². The number of amides is 1. The average Bonchev–Trinajstić information content (AvgIpc) is 3.03. The molecular weight excluding hydrogens is 319 g/mol. The summed E-state index contributed by atoms with van der Waals surface area (Å²) in [4.78, 5) is 27.6. The van der Waals surface area contributed by atoms with E-state index in [0.717, 1.165) is 11.0 Å². The summed E-state index contributed by atoms with van der Waals surface area (Å²) in [5.41, 5.74) is 0.695. The van der Waals surface area contributed by atoms with E-state index in [0.29, 0.717) is 25.2 Å². The molecule has 1 amide bonds. The Kier molecular flexibility index (Phi) is 4.47. The number of hydrogen-bond donors (Lipinski definition) is 1. The van der Waals surface area contributed by atoms with Crippen molar-refractivity contribution in [3.05, 3.63) is 52.1 Å². The van der Waals surface area contributed by atoms with E-state index in [9.17, 15) is 19.3 Å². The predicted octanol–water partition coefficient (Wildman–Crippen LogP) is 0.499. The first-order chi connectivity index (χ1) is 11.5. The van der Waals surface area contributed by atoms with Crippen molar-refractivity contribution in [1.82, 2.24) is 25.0 Å². The van der Waals surface area contributed by atoms with Gasteiger partial charge in [0.2, 0.25) is 12.2 Å². The Balaban J connectivity index is 1.76. The Hall–Kier alpha value is -2.88. The number of carbonyl (C=O) groups excluding carboxylic acids is 1. The van der Waals surface area contributed by atoms with Gasteiger partial charge in [-0.2, -0.15) is 4.68 Å². The highest BCUT2D eigenvalue weighted by Crippen LogP contribution is 2.23. The van der Waals surface area contributed by atoms with Gasteiger partial charge in [0.05, 0.1) is 6.04 Å². The molecule has 1 aromatic carbocycles. The monoisotopic (exact) mass is 334 g/mol. The first-order valence-electron chi connectivity index (χ1n) is 7.34. The molecule has 0 radical (unpaired) electrons. The molecule has 3 rings (SSSR count). The molecule has 0 aliphatic carbocycles. The first-order valence-corrected chi connectivity index (χ1v) is 7.34. The van der Waals surface area contributed by atoms with Crippen LogP contribution in [0.2, 0.25) is 0 Å². The van der Waals surface area contributed by atoms with Crippen molar-refractivity contribution >= 4 is 11.9 Å². The van der Waals surface area contributed by atoms with Crippen molar-refractivity contribution < 1.29 is 14.1 Å². The van der Waals surface area contributed by atoms with Crippen LogP contribution in [0.3, 0.4) is 0 Å². The zero-order chi connectivity index (χ0) is 17.1. The van der Waals surface area contributed by atoms with Gasteiger partial charge in [0.15, 0.2) is 0 Å². The summed E-state index contributed by atoms with van der Waals surface area (Å²) in [5.74, 6) is -1.17. The highest BCUT2D eigenvalue weighted by atomic mass is 19.1. The van der Waals surface area contributed by atoms with Crippen molar-refractivity contribution in [3.63, 3.8) is 0 Å². The zero-order valence-electron chi connectivity index (χ0n) is 12.6. The summed E-state index contributed by atoms with van der Waals surface area (Å²) in [5, 5.41) is 17.4. The average molecular weight is 334 g/mol. The molecule has 0 bridgehead atoms. The fourth-order valence-electron chi connectivity index (χ4n) is 2.69. The van der Waals surface area contributed by atoms with E-state index >= 15 is 0 Å². The van der Waals surface area contributed by atoms with Gasteiger partial charge in [-0.3, -0.25) is 4.79 Å². The number of nitrogens with zero attached hydrogens (tertiary/aromatic N) is 5. The largest absolute Gasteiger partial charge is 0.490 e. The second-order valence-corrected chi connectivity index (χ2v) is 5.36. The molecule has 1 N–H and O–H groups in total. The van der Waals surface area contributed by atoms with Gasteiger partial charge in [0, 0.05) is 24.7 Å². The minimum Gasteiger partial charge on any atom is -0.390 e. The molecule has 1 unspecified atom stereocenters. The molecule has 1 aromatic heterocycles. The molecule has 1 saturated heterocycles. The van der Waals surface area contributed by atoms with E-state index in [1.165, 1.54) is 12.1 Å². The van der Waals surface area contributed by atoms with Crippen LogP contribution < -0.4 is 5.32 Å². The van der Waals surface area contributed by atoms with Crippen molar-refractivity contribution in [3.8, 4) is 0 Å². The third-order valence-corrected chi connectivity index (χ3v) is 3.78. The van der Waals surface area contributed by atoms with Gasteiger partial charge in [-0.05, 0) is 22.6 Å². The normalized spacial score (nSPS) is 17.7. The second-order valence-electron chi connectivity index (χ2n) is 5.36. The molecule has 0 spiro atoms. The van der Waals surface area contributed by atoms with Gasteiger partial charge < -0.3 is 20.3 Å². The molecule has 126 valence electrons. The van der Waals surface area contributed by atoms with Crippen LogP contribution in [0.4, 0.5) is 10.3 Å². The standard InChI is InChI=1S/C14H15FN6O3/c15-11-3-1-2-10(6-11)12-7-16-4-5-20(12)13(22)8-19-9-17-14(18-19)21(23)24/h1-3,6,9,12,16H,4-5,7-8H2. The van der Waals surface area contributed by atoms with Crippen LogP contribution in [0.15, 0.2) is 30.6 Å². The molecule has 1 fully saturated rings. The maximum Gasteiger partial charge on any atom is 0.490 e. The lowest BCUT2D eigenvalue weighted by Crippen LogP contribution is -2.49. The molecule has 1 aliphatic heterocycles. The van der Waals surface area contributed by atoms with Crippen molar-refractivity contribution in [2.45, 2.75) is 12.6 Å². The van der Waals surface area contributed by atoms with Crippen molar-refractivity contribution in [2.75, 3.05) is 19.6 Å². The molecule has 1 aliphatic rings. The van der Waals surface area contributed by atoms with Gasteiger partial charge in [-0.15, -0.1) is 0 Å². The van der Waals surface area contributed by atoms with Crippen LogP contribution >= 0.6 is 0 Å². The molecule has 0 saturated carbocycles. The fourth-order valence-corrected chi connectivity index (χ4v) is 2.69. The van der Waals surface area contributed by atoms with Gasteiger partial charge in [-0.1, -0.05) is 17.1 Å². The Labute approximate surface area is 136 Å². The minimum atomic E-state index is -0.721. The van der Waals surface area contributed by atoms with Gasteiger partial charge in [0.1, 0.15) is 12.4 Å². The number of hydrogen-bond acceptors (Lipinski definition) is 6. The van der Waals surface area contributed by atoms with Gasteiger partial charge in [-0.25, -0.2) is 4.39 Å². The highest BCUT2D eigenvalue weighted by molar-refractivity contribution is 5.76. The minimum absolute atomic E-state index is 0.160. The predicted molar refractivity (Wildman–Crippen MR) is 80.4 cm³/mol. The Morgan fingerprint density at radius 3 is 3.04 bits per heavy atom. The third-order valence-electron chi connectivity index (χ3n) is 3.78. The summed E-state index contributed by atoms with van der Waals surface area (Å²) in [6.45, 7) is 1.42. The number of aromatic nitrogens is 3. The number of halogens is 1. The second kappa shape index (κ2) is 6.71. The van der Waals surface area contributed by atoms with Crippen molar-refractivity contribution in [1.29, 1.82) is 0 Å². The number of benzene rings is 1. The maximum absolute atomic E-state index is 13.5. The molecule has 2 aromatic rings. The Morgan fingerprint density at radius 2 is 2.33 bits per heavy atom. The van der Waals surface area contributed by atoms with Crippen LogP contribution in [0, 0.1) is 15.9 Å². The number of rotatable bonds is 4. The van der Waals surface area contributed by atoms with E-state index in [1.54, 1.807) is 17.0 Å². The van der Waals surface area contributed by atoms with Crippen LogP contribution in [0.1, 0.15) is 11.6 Å². The van der Waals surface area contributed by atoms with Crippen LogP contribution in [0.5, 0.6) is 0 Å². The lowest BCUT2D eigenvalue weighted by Gasteiger charge is -2.36. The van der Waals surface area contributed by atoms with E-state index in [-0.39, 0.29) is 24.3 Å². The number of nitrogens with one attached hydrogen (secondary N) is 1. The smallest absolute Gasteiger partial charge is 0.390 e. The Bertz CT molecular complexity index is 764. The molecule has 9 nitrogen and oxygen atoms in total. The summed E-state index contributed by atoms with van der Waals surface area (Å²) in [6, 6.07) is 5.81. The highest BCUT2D eigenvalue weighted by Gasteiger charge is 2.29. The maximum atomic E-state index is 13.5. The van der Waals surface area contributed by atoms with E-state index in [4.69, 9.17) is 0 Å². The van der Waals surface area contributed by atoms with E-state index in [2.05, 4.69) is 15.4 Å². The van der Waals surface area contributed by atoms with Gasteiger partial charge >= 0.3 is 5.95 Å². The molecule has 1 atom stereocenters. The van der Waals surface area contributed by atoms with Crippen LogP contribution in [-0.2, 0) is 11.3 Å². The van der Waals surface area contributed by atoms with Crippen molar-refractivity contribution in [2.24, 2.45) is 0 Å². The number of nitro groups is 1. The lowest BCUT2D eigenvalue weighted by molar-refractivity contribution is -0.394. The summed E-state index contributed by atoms with van der Waals surface area (Å²) >= 11 is 0. The Morgan fingerprint density at radius 1 is 1.50 bits per heavy atom. The third kappa shape index (κ3) is 3.38. The molecular formula is C14H15FN6O3. The van der Waals surface area contributed by atoms with Gasteiger partial charge in [0.25, 0.3) is 0 Å². The van der Waals surface area contributed by atoms with E-state index in [1.807, 2.05) is 0 Å². The molecule has 10 heteroatoms. The fraction of sp³-hybridized carbons (Fsp3) is 0.357. The number of carbonyl (C=O) groups is 1. The summed E-state index contributed by atoms with van der Waals surface area (Å²) < 4.78 is 14.6. The summed E-state index contributed by atoms with van der Waals surface area (Å²) in [7, 11) is 0. The quantitative estimate of drug-likeness (QED) is 0.644. The summed E-state index contributed by atoms with van der Waals surface area (Å²) in [6.07, 6.45) is 1.15. The van der Waals surface area contributed by atoms with E-state index < -0.39 is 10.9 Å². The molecule has 24 heavy (non-hydrogen) atoms. The lowest BCUT2D eigenvalue weighted by atomic mass is 10.0. The zero-order valence-corrected chi connectivity index (χ0v) is 12.6. The number of piperazine rings is 1. The van der Waals surface area contributed by atoms with Crippen LogP contribution in [0.25, 0.3) is 0 Å². The van der Waals surface area contributed by atoms with Crippen LogP contribution in [-0.4, -0.2) is 50.1 Å². The SMILES string of the molecule is O=C(Cn1cnc([N+](=O)[O-])n1)N1CCNCC1c1cccc(F)c1.